The summed E-state index contributed by atoms with van der Waals surface area (Å²) in [4.78, 5) is 40.9. The summed E-state index contributed by atoms with van der Waals surface area (Å²) in [5, 5.41) is 2.68. The zero-order valence-electron chi connectivity index (χ0n) is 17.6. The molecule has 0 aliphatic heterocycles. The van der Waals surface area contributed by atoms with Gasteiger partial charge in [0.05, 0.1) is 0 Å². The van der Waals surface area contributed by atoms with Gasteiger partial charge in [-0.05, 0) is 51.3 Å². The first-order valence-corrected chi connectivity index (χ1v) is 11.4. The molecule has 1 atom stereocenters. The molecular weight excluding hydrogens is 416 g/mol. The van der Waals surface area contributed by atoms with Crippen molar-refractivity contribution in [1.82, 2.24) is 5.32 Å². The number of Topliss-reactive ketones (excluding diaryl/α,β-unsaturated/α-hetero) is 1. The Balaban J connectivity index is 2.19. The van der Waals surface area contributed by atoms with Gasteiger partial charge >= 0.3 is 13.9 Å². The van der Waals surface area contributed by atoms with Gasteiger partial charge in [-0.1, -0.05) is 31.4 Å². The molecule has 0 bridgehead atoms. The Morgan fingerprint density at radius 3 is 2.20 bits per heavy atom. The van der Waals surface area contributed by atoms with Crippen LogP contribution in [0, 0.1) is 0 Å². The minimum Gasteiger partial charge on any atom is -0.444 e. The van der Waals surface area contributed by atoms with Crippen LogP contribution >= 0.6 is 7.82 Å². The molecule has 0 aliphatic carbocycles. The number of ketones is 1. The van der Waals surface area contributed by atoms with Crippen molar-refractivity contribution in [3.63, 3.8) is 0 Å². The van der Waals surface area contributed by atoms with E-state index in [4.69, 9.17) is 14.5 Å². The molecule has 0 radical (unpaired) electrons. The summed E-state index contributed by atoms with van der Waals surface area (Å²) in [6.07, 6.45) is 1.77. The first-order chi connectivity index (χ1) is 13.9. The van der Waals surface area contributed by atoms with Gasteiger partial charge in [-0.15, -0.1) is 0 Å². The topological polar surface area (TPSA) is 122 Å². The van der Waals surface area contributed by atoms with E-state index in [1.165, 1.54) is 24.3 Å². The van der Waals surface area contributed by atoms with E-state index in [1.807, 2.05) is 0 Å². The largest absolute Gasteiger partial charge is 0.524 e. The smallest absolute Gasteiger partial charge is 0.444 e. The molecule has 30 heavy (non-hydrogen) atoms. The highest BCUT2D eigenvalue weighted by molar-refractivity contribution is 7.46. The molecule has 0 aliphatic rings. The summed E-state index contributed by atoms with van der Waals surface area (Å²) in [6.45, 7) is 5.91. The predicted octanol–water partition coefficient (Wildman–Crippen LogP) is 4.60. The molecule has 0 aromatic heterocycles. The van der Waals surface area contributed by atoms with Gasteiger partial charge in [0.15, 0.2) is 12.0 Å². The van der Waals surface area contributed by atoms with Crippen LogP contribution in [0.3, 0.4) is 0 Å². The maximum absolute atomic E-state index is 14.3. The van der Waals surface area contributed by atoms with Gasteiger partial charge in [-0.25, -0.2) is 13.8 Å². The van der Waals surface area contributed by atoms with Crippen LogP contribution in [-0.2, 0) is 14.1 Å². The summed E-state index contributed by atoms with van der Waals surface area (Å²) in [6, 6.07) is 4.95. The highest BCUT2D eigenvalue weighted by Crippen LogP contribution is 2.37. The van der Waals surface area contributed by atoms with Crippen molar-refractivity contribution in [3.8, 4) is 5.75 Å². The van der Waals surface area contributed by atoms with Crippen molar-refractivity contribution in [2.75, 3.05) is 6.54 Å². The van der Waals surface area contributed by atoms with Gasteiger partial charge in [-0.2, -0.15) is 0 Å². The number of hydrogen-bond acceptors (Lipinski definition) is 5. The summed E-state index contributed by atoms with van der Waals surface area (Å²) >= 11 is 0. The molecule has 0 spiro atoms. The molecule has 1 aromatic rings. The molecular formula is C20H31FNO7P. The lowest BCUT2D eigenvalue weighted by molar-refractivity contribution is -0.124. The van der Waals surface area contributed by atoms with Crippen molar-refractivity contribution in [1.29, 1.82) is 0 Å². The number of ether oxygens (including phenoxy) is 1. The number of carbonyl (C=O) groups excluding carboxylic acids is 2. The maximum atomic E-state index is 14.3. The van der Waals surface area contributed by atoms with Crippen LogP contribution in [0.1, 0.15) is 71.0 Å². The minimum absolute atomic E-state index is 0.104. The number of benzene rings is 1. The van der Waals surface area contributed by atoms with Crippen molar-refractivity contribution in [2.24, 2.45) is 0 Å². The third-order valence-corrected chi connectivity index (χ3v) is 4.40. The molecule has 1 amide bonds. The number of phosphoric acid groups is 1. The molecule has 170 valence electrons. The summed E-state index contributed by atoms with van der Waals surface area (Å²) in [5.41, 5.74) is -0.407. The van der Waals surface area contributed by atoms with E-state index >= 15 is 0 Å². The number of hydrogen-bond donors (Lipinski definition) is 3. The molecule has 8 nitrogen and oxygen atoms in total. The fourth-order valence-electron chi connectivity index (χ4n) is 2.61. The van der Waals surface area contributed by atoms with Gasteiger partial charge < -0.3 is 14.6 Å². The molecule has 0 heterocycles. The second-order valence-electron chi connectivity index (χ2n) is 7.93. The second-order valence-corrected chi connectivity index (χ2v) is 9.09. The highest BCUT2D eigenvalue weighted by atomic mass is 31.2. The number of carbonyl (C=O) groups is 2. The predicted molar refractivity (Wildman–Crippen MR) is 110 cm³/mol. The highest BCUT2D eigenvalue weighted by Gasteiger charge is 2.20. The number of phosphoric ester groups is 1. The van der Waals surface area contributed by atoms with E-state index in [9.17, 15) is 18.5 Å². The number of rotatable bonds is 12. The third-order valence-electron chi connectivity index (χ3n) is 3.95. The van der Waals surface area contributed by atoms with Crippen molar-refractivity contribution in [2.45, 2.75) is 71.1 Å². The molecule has 1 rings (SSSR count). The van der Waals surface area contributed by atoms with Crippen LogP contribution in [-0.4, -0.2) is 33.8 Å². The lowest BCUT2D eigenvalue weighted by Crippen LogP contribution is -2.32. The fourth-order valence-corrected chi connectivity index (χ4v) is 3.00. The molecule has 0 saturated heterocycles. The monoisotopic (exact) mass is 447 g/mol. The Morgan fingerprint density at radius 2 is 1.63 bits per heavy atom. The number of halogens is 1. The zero-order chi connectivity index (χ0) is 22.8. The van der Waals surface area contributed by atoms with Gasteiger partial charge in [0, 0.05) is 13.0 Å². The minimum atomic E-state index is -4.68. The SMILES string of the molecule is CC(C)(C)OC(=O)NCCCCCCCC(=O)C(F)c1ccc(OP(=O)(O)O)cc1. The number of unbranched alkanes of at least 4 members (excludes halogenated alkanes) is 4. The van der Waals surface area contributed by atoms with E-state index in [-0.39, 0.29) is 17.7 Å². The number of nitrogens with one attached hydrogen (secondary N) is 1. The van der Waals surface area contributed by atoms with Gasteiger partial charge in [-0.3, -0.25) is 14.6 Å². The summed E-state index contributed by atoms with van der Waals surface area (Å²) < 4.78 is 34.5. The molecule has 0 saturated carbocycles. The van der Waals surface area contributed by atoms with Crippen LogP contribution in [0.2, 0.25) is 0 Å². The normalized spacial score (nSPS) is 12.9. The molecule has 1 aromatic carbocycles. The standard InChI is InChI=1S/C20H31FNO7P/c1-20(2,3)28-19(24)22-14-8-6-4-5-7-9-17(23)18(21)15-10-12-16(13-11-15)29-30(25,26)27/h10-13,18H,4-9,14H2,1-3H3,(H,22,24)(H2,25,26,27). The number of amides is 1. The van der Waals surface area contributed by atoms with E-state index in [0.717, 1.165) is 25.7 Å². The number of alkyl halides is 1. The Morgan fingerprint density at radius 1 is 1.07 bits per heavy atom. The average molecular weight is 447 g/mol. The van der Waals surface area contributed by atoms with Crippen molar-refractivity contribution >= 4 is 19.7 Å². The number of alkyl carbamates (subject to hydrolysis) is 1. The first kappa shape index (κ1) is 26.1. The Bertz CT molecular complexity index is 728. The maximum Gasteiger partial charge on any atom is 0.524 e. The molecule has 10 heteroatoms. The van der Waals surface area contributed by atoms with E-state index in [0.29, 0.717) is 13.0 Å². The van der Waals surface area contributed by atoms with Gasteiger partial charge in [0.2, 0.25) is 0 Å². The summed E-state index contributed by atoms with van der Waals surface area (Å²) in [5.74, 6) is -0.641. The van der Waals surface area contributed by atoms with Gasteiger partial charge in [0.1, 0.15) is 11.4 Å². The Hall–Kier alpha value is -1.96. The summed E-state index contributed by atoms with van der Waals surface area (Å²) in [7, 11) is -4.68. The van der Waals surface area contributed by atoms with Crippen LogP contribution in [0.4, 0.5) is 9.18 Å². The van der Waals surface area contributed by atoms with Crippen molar-refractivity contribution in [3.05, 3.63) is 29.8 Å². The van der Waals surface area contributed by atoms with Crippen LogP contribution < -0.4 is 9.84 Å². The quantitative estimate of drug-likeness (QED) is 0.316. The first-order valence-electron chi connectivity index (χ1n) is 9.86. The third kappa shape index (κ3) is 11.9. The van der Waals surface area contributed by atoms with E-state index in [1.54, 1.807) is 20.8 Å². The van der Waals surface area contributed by atoms with Crippen LogP contribution in [0.5, 0.6) is 5.75 Å². The Labute approximate surface area is 176 Å². The fraction of sp³-hybridized carbons (Fsp3) is 0.600. The molecule has 1 unspecified atom stereocenters. The van der Waals surface area contributed by atoms with Crippen molar-refractivity contribution < 1.29 is 37.6 Å². The Kier molecular flexibility index (Phi) is 10.5. The van der Waals surface area contributed by atoms with E-state index < -0.39 is 31.5 Å². The lowest BCUT2D eigenvalue weighted by atomic mass is 10.0. The lowest BCUT2D eigenvalue weighted by Gasteiger charge is -2.19. The molecule has 3 N–H and O–H groups in total. The zero-order valence-corrected chi connectivity index (χ0v) is 18.5. The average Bonchev–Trinajstić information content (AvgIpc) is 2.61. The second kappa shape index (κ2) is 12.0. The van der Waals surface area contributed by atoms with E-state index in [2.05, 4.69) is 9.84 Å². The van der Waals surface area contributed by atoms with Gasteiger partial charge in [0.25, 0.3) is 0 Å². The van der Waals surface area contributed by atoms with Crippen LogP contribution in [0.15, 0.2) is 24.3 Å². The van der Waals surface area contributed by atoms with Crippen LogP contribution in [0.25, 0.3) is 0 Å². The molecule has 0 fully saturated rings.